The number of aromatic nitrogens is 2. The summed E-state index contributed by atoms with van der Waals surface area (Å²) >= 11 is 0.878. The highest BCUT2D eigenvalue weighted by Crippen LogP contribution is 2.34. The summed E-state index contributed by atoms with van der Waals surface area (Å²) in [7, 11) is 3.61. The van der Waals surface area contributed by atoms with E-state index in [1.165, 1.54) is 12.1 Å². The molecule has 0 radical (unpaired) electrons. The molecule has 1 fully saturated rings. The molecule has 1 aliphatic rings. The number of hydrogen-bond acceptors (Lipinski definition) is 8. The highest BCUT2D eigenvalue weighted by molar-refractivity contribution is 7.17. The number of carbonyl (C=O) groups excluding carboxylic acids is 1. The minimum atomic E-state index is -0.496. The van der Waals surface area contributed by atoms with Crippen molar-refractivity contribution >= 4 is 28.2 Å². The van der Waals surface area contributed by atoms with E-state index in [2.05, 4.69) is 10.1 Å². The van der Waals surface area contributed by atoms with E-state index in [1.807, 2.05) is 0 Å². The van der Waals surface area contributed by atoms with Crippen LogP contribution in [0, 0.1) is 10.1 Å². The second kappa shape index (κ2) is 5.95. The number of likely N-dealkylation sites (tertiary alicyclic amines) is 1. The van der Waals surface area contributed by atoms with Crippen molar-refractivity contribution in [2.75, 3.05) is 25.5 Å². The third-order valence-corrected chi connectivity index (χ3v) is 4.64. The molecule has 122 valence electrons. The van der Waals surface area contributed by atoms with Crippen LogP contribution in [-0.2, 0) is 0 Å². The molecule has 0 aromatic carbocycles. The largest absolute Gasteiger partial charge is 0.344 e. The molecule has 0 unspecified atom stereocenters. The van der Waals surface area contributed by atoms with Gasteiger partial charge in [0, 0.05) is 26.7 Å². The van der Waals surface area contributed by atoms with Gasteiger partial charge in [0.15, 0.2) is 0 Å². The summed E-state index contributed by atoms with van der Waals surface area (Å²) in [6.07, 6.45) is 1.55. The van der Waals surface area contributed by atoms with Crippen molar-refractivity contribution in [3.8, 4) is 0 Å². The predicted molar refractivity (Wildman–Crippen MR) is 82.6 cm³/mol. The van der Waals surface area contributed by atoms with Crippen LogP contribution in [0.15, 0.2) is 16.7 Å². The summed E-state index contributed by atoms with van der Waals surface area (Å²) in [6, 6.07) is 2.55. The van der Waals surface area contributed by atoms with Gasteiger partial charge in [0.25, 0.3) is 17.7 Å². The molecule has 10 heteroatoms. The lowest BCUT2D eigenvalue weighted by atomic mass is 10.2. The Hall–Kier alpha value is -2.49. The topological polar surface area (TPSA) is 106 Å². The van der Waals surface area contributed by atoms with Gasteiger partial charge >= 0.3 is 5.00 Å². The molecular weight excluding hydrogens is 322 g/mol. The molecule has 3 rings (SSSR count). The van der Waals surface area contributed by atoms with Crippen LogP contribution in [0.3, 0.4) is 0 Å². The first kappa shape index (κ1) is 15.4. The Labute approximate surface area is 135 Å². The lowest BCUT2D eigenvalue weighted by Gasteiger charge is -2.20. The van der Waals surface area contributed by atoms with E-state index in [0.717, 1.165) is 24.2 Å². The lowest BCUT2D eigenvalue weighted by molar-refractivity contribution is -0.380. The van der Waals surface area contributed by atoms with Crippen molar-refractivity contribution in [2.45, 2.75) is 18.9 Å². The molecule has 9 nitrogen and oxygen atoms in total. The smallest absolute Gasteiger partial charge is 0.324 e. The van der Waals surface area contributed by atoms with E-state index >= 15 is 0 Å². The number of amides is 1. The van der Waals surface area contributed by atoms with Gasteiger partial charge in [-0.1, -0.05) is 11.3 Å². The van der Waals surface area contributed by atoms with Crippen LogP contribution in [0.1, 0.15) is 34.4 Å². The zero-order valence-corrected chi connectivity index (χ0v) is 13.4. The Bertz CT molecular complexity index is 740. The Morgan fingerprint density at radius 1 is 1.52 bits per heavy atom. The highest BCUT2D eigenvalue weighted by atomic mass is 32.1. The van der Waals surface area contributed by atoms with Gasteiger partial charge in [-0.25, -0.2) is 0 Å². The van der Waals surface area contributed by atoms with E-state index in [9.17, 15) is 14.9 Å². The predicted octanol–water partition coefficient (Wildman–Crippen LogP) is 2.08. The number of nitrogens with zero attached hydrogens (tertiary/aromatic N) is 5. The fourth-order valence-electron chi connectivity index (χ4n) is 2.49. The van der Waals surface area contributed by atoms with Crippen LogP contribution in [0.25, 0.3) is 0 Å². The molecule has 1 atom stereocenters. The molecule has 0 saturated carbocycles. The molecule has 0 N–H and O–H groups in total. The summed E-state index contributed by atoms with van der Waals surface area (Å²) in [6.45, 7) is 0.564. The molecule has 1 amide bonds. The van der Waals surface area contributed by atoms with E-state index in [0.29, 0.717) is 23.3 Å². The van der Waals surface area contributed by atoms with E-state index in [4.69, 9.17) is 4.52 Å². The van der Waals surface area contributed by atoms with Gasteiger partial charge in [0.05, 0.1) is 9.80 Å². The Morgan fingerprint density at radius 2 is 2.30 bits per heavy atom. The molecule has 1 saturated heterocycles. The second-order valence-corrected chi connectivity index (χ2v) is 6.44. The van der Waals surface area contributed by atoms with Crippen molar-refractivity contribution in [3.63, 3.8) is 0 Å². The zero-order chi connectivity index (χ0) is 16.6. The number of anilines is 1. The molecule has 3 heterocycles. The Kier molecular flexibility index (Phi) is 3.99. The van der Waals surface area contributed by atoms with Gasteiger partial charge in [-0.05, 0) is 24.1 Å². The van der Waals surface area contributed by atoms with Crippen LogP contribution < -0.4 is 4.90 Å². The Morgan fingerprint density at radius 3 is 2.91 bits per heavy atom. The number of rotatable bonds is 4. The molecular formula is C13H15N5O4S. The summed E-state index contributed by atoms with van der Waals surface area (Å²) in [5.74, 6) is 0.604. The van der Waals surface area contributed by atoms with Crippen LogP contribution >= 0.6 is 11.3 Å². The van der Waals surface area contributed by atoms with E-state index in [-0.39, 0.29) is 17.0 Å². The van der Waals surface area contributed by atoms with Crippen LogP contribution in [0.4, 0.5) is 10.9 Å². The maximum Gasteiger partial charge on any atom is 0.324 e. The third kappa shape index (κ3) is 2.89. The first-order valence-electron chi connectivity index (χ1n) is 7.03. The molecule has 23 heavy (non-hydrogen) atoms. The first-order valence-corrected chi connectivity index (χ1v) is 7.85. The zero-order valence-electron chi connectivity index (χ0n) is 12.6. The average molecular weight is 337 g/mol. The number of thiophene rings is 1. The fourth-order valence-corrected chi connectivity index (χ4v) is 3.27. The van der Waals surface area contributed by atoms with Gasteiger partial charge < -0.3 is 14.3 Å². The van der Waals surface area contributed by atoms with E-state index in [1.54, 1.807) is 23.9 Å². The minimum absolute atomic E-state index is 0.0446. The Balaban J connectivity index is 1.82. The molecule has 0 bridgehead atoms. The van der Waals surface area contributed by atoms with Gasteiger partial charge in [0.1, 0.15) is 6.04 Å². The van der Waals surface area contributed by atoms with Crippen LogP contribution in [0.2, 0.25) is 0 Å². The van der Waals surface area contributed by atoms with Gasteiger partial charge in [-0.15, -0.1) is 0 Å². The molecule has 1 aliphatic heterocycles. The summed E-state index contributed by atoms with van der Waals surface area (Å²) in [5, 5.41) is 14.6. The number of hydrogen-bond donors (Lipinski definition) is 0. The van der Waals surface area contributed by atoms with Gasteiger partial charge in [0.2, 0.25) is 0 Å². The molecule has 2 aromatic rings. The standard InChI is InChI=1S/C13H15N5O4S/c1-16(2)13-14-11(22-15-13)8-4-3-7-17(8)12(19)9-5-6-10(23-9)18(20)21/h5-6,8H,3-4,7H2,1-2H3/t8-/m0/s1. The quantitative estimate of drug-likeness (QED) is 0.621. The summed E-state index contributed by atoms with van der Waals surface area (Å²) < 4.78 is 5.27. The third-order valence-electron chi connectivity index (χ3n) is 3.61. The van der Waals surface area contributed by atoms with E-state index < -0.39 is 4.92 Å². The normalized spacial score (nSPS) is 17.5. The van der Waals surface area contributed by atoms with Crippen LogP contribution in [-0.4, -0.2) is 46.5 Å². The maximum atomic E-state index is 12.6. The fraction of sp³-hybridized carbons (Fsp3) is 0.462. The maximum absolute atomic E-state index is 12.6. The van der Waals surface area contributed by atoms with Crippen LogP contribution in [0.5, 0.6) is 0 Å². The molecule has 0 spiro atoms. The van der Waals surface area contributed by atoms with Gasteiger partial charge in [-0.3, -0.25) is 14.9 Å². The number of carbonyl (C=O) groups is 1. The van der Waals surface area contributed by atoms with Gasteiger partial charge in [-0.2, -0.15) is 4.98 Å². The SMILES string of the molecule is CN(C)c1noc([C@@H]2CCCN2C(=O)c2ccc([N+](=O)[O-])s2)n1. The van der Waals surface area contributed by atoms with Crippen molar-refractivity contribution in [1.29, 1.82) is 0 Å². The van der Waals surface area contributed by atoms with Crippen molar-refractivity contribution in [1.82, 2.24) is 15.0 Å². The molecule has 2 aromatic heterocycles. The highest BCUT2D eigenvalue weighted by Gasteiger charge is 2.35. The first-order chi connectivity index (χ1) is 11.0. The van der Waals surface area contributed by atoms with Crippen molar-refractivity contribution in [2.24, 2.45) is 0 Å². The lowest BCUT2D eigenvalue weighted by Crippen LogP contribution is -2.30. The molecule has 0 aliphatic carbocycles. The number of nitro groups is 1. The van der Waals surface area contributed by atoms with Crippen molar-refractivity contribution in [3.05, 3.63) is 33.0 Å². The average Bonchev–Trinajstić information content (AvgIpc) is 3.24. The second-order valence-electron chi connectivity index (χ2n) is 5.38. The summed E-state index contributed by atoms with van der Waals surface area (Å²) in [5.41, 5.74) is 0. The minimum Gasteiger partial charge on any atom is -0.344 e. The monoisotopic (exact) mass is 337 g/mol. The summed E-state index contributed by atoms with van der Waals surface area (Å²) in [4.78, 5) is 30.9. The van der Waals surface area contributed by atoms with Crippen molar-refractivity contribution < 1.29 is 14.2 Å².